The number of carbonyl (C=O) groups is 2. The van der Waals surface area contributed by atoms with Crippen molar-refractivity contribution in [2.45, 2.75) is 51.0 Å². The van der Waals surface area contributed by atoms with Crippen LogP contribution in [0.3, 0.4) is 0 Å². The van der Waals surface area contributed by atoms with E-state index in [-0.39, 0.29) is 11.8 Å². The maximum Gasteiger partial charge on any atom is 0.406 e. The lowest BCUT2D eigenvalue weighted by molar-refractivity contribution is -0.136. The molecule has 1 unspecified atom stereocenters. The minimum atomic E-state index is -0.492. The molecule has 1 aliphatic carbocycles. The Morgan fingerprint density at radius 2 is 1.81 bits per heavy atom. The topological polar surface area (TPSA) is 67.9 Å². The van der Waals surface area contributed by atoms with Crippen molar-refractivity contribution >= 4 is 12.0 Å². The molecule has 6 nitrogen and oxygen atoms in total. The first-order chi connectivity index (χ1) is 13.1. The van der Waals surface area contributed by atoms with Crippen molar-refractivity contribution in [2.75, 3.05) is 26.7 Å². The second kappa shape index (κ2) is 9.11. The van der Waals surface area contributed by atoms with E-state index in [9.17, 15) is 9.59 Å². The van der Waals surface area contributed by atoms with Crippen LogP contribution in [0.5, 0.6) is 5.75 Å². The average molecular weight is 374 g/mol. The molecule has 0 spiro atoms. The molecule has 3 rings (SSSR count). The molecule has 1 aromatic rings. The maximum atomic E-state index is 12.7. The second-order valence-corrected chi connectivity index (χ2v) is 7.46. The van der Waals surface area contributed by atoms with E-state index < -0.39 is 6.09 Å². The lowest BCUT2D eigenvalue weighted by Crippen LogP contribution is -2.44. The zero-order valence-electron chi connectivity index (χ0n) is 16.3. The van der Waals surface area contributed by atoms with Crippen molar-refractivity contribution < 1.29 is 19.1 Å². The highest BCUT2D eigenvalue weighted by molar-refractivity contribution is 5.80. The van der Waals surface area contributed by atoms with E-state index in [4.69, 9.17) is 4.74 Å². The van der Waals surface area contributed by atoms with Gasteiger partial charge in [0.1, 0.15) is 5.75 Å². The number of alkyl carbamates (subject to hydrolysis) is 1. The molecule has 2 fully saturated rings. The Hall–Kier alpha value is -2.24. The number of hydrogen-bond acceptors (Lipinski definition) is 4. The van der Waals surface area contributed by atoms with Crippen molar-refractivity contribution in [2.24, 2.45) is 5.92 Å². The average Bonchev–Trinajstić information content (AvgIpc) is 3.53. The Morgan fingerprint density at radius 3 is 2.37 bits per heavy atom. The first-order valence-electron chi connectivity index (χ1n) is 9.98. The van der Waals surface area contributed by atoms with Crippen LogP contribution in [0.25, 0.3) is 0 Å². The summed E-state index contributed by atoms with van der Waals surface area (Å²) in [6.07, 6.45) is 4.90. The highest BCUT2D eigenvalue weighted by Gasteiger charge is 2.28. The third-order valence-corrected chi connectivity index (χ3v) is 5.51. The zero-order valence-corrected chi connectivity index (χ0v) is 16.3. The van der Waals surface area contributed by atoms with Gasteiger partial charge in [-0.2, -0.15) is 0 Å². The Morgan fingerprint density at radius 1 is 1.15 bits per heavy atom. The summed E-state index contributed by atoms with van der Waals surface area (Å²) in [4.78, 5) is 25.9. The van der Waals surface area contributed by atoms with Gasteiger partial charge in [0, 0.05) is 19.6 Å². The summed E-state index contributed by atoms with van der Waals surface area (Å²) in [7, 11) is 1.33. The van der Waals surface area contributed by atoms with Crippen LogP contribution in [-0.4, -0.2) is 49.7 Å². The van der Waals surface area contributed by atoms with E-state index in [1.807, 2.05) is 11.8 Å². The predicted octanol–water partition coefficient (Wildman–Crippen LogP) is 3.32. The Balaban J connectivity index is 1.48. The number of hydrogen-bond donors (Lipinski definition) is 1. The summed E-state index contributed by atoms with van der Waals surface area (Å²) in [5, 5.41) is 2.64. The quantitative estimate of drug-likeness (QED) is 0.795. The number of rotatable bonds is 7. The van der Waals surface area contributed by atoms with E-state index in [0.717, 1.165) is 31.7 Å². The van der Waals surface area contributed by atoms with E-state index in [1.54, 1.807) is 0 Å². The van der Waals surface area contributed by atoms with Gasteiger partial charge in [-0.25, -0.2) is 4.79 Å². The molecule has 1 aliphatic heterocycles. The monoisotopic (exact) mass is 374 g/mol. The SMILES string of the molecule is CCC(CNC(=O)OC)C(=O)N1CCC(c2ccc(OC3CC3)cc2)CC1. The van der Waals surface area contributed by atoms with E-state index in [0.29, 0.717) is 25.0 Å². The smallest absolute Gasteiger partial charge is 0.406 e. The Labute approximate surface area is 161 Å². The molecule has 2 amide bonds. The number of amides is 2. The van der Waals surface area contributed by atoms with Gasteiger partial charge in [0.15, 0.2) is 0 Å². The summed E-state index contributed by atoms with van der Waals surface area (Å²) in [6.45, 7) is 3.82. The minimum Gasteiger partial charge on any atom is -0.490 e. The molecule has 1 aromatic carbocycles. The number of nitrogens with zero attached hydrogens (tertiary/aromatic N) is 1. The largest absolute Gasteiger partial charge is 0.490 e. The van der Waals surface area contributed by atoms with Crippen molar-refractivity contribution in [3.63, 3.8) is 0 Å². The van der Waals surface area contributed by atoms with Gasteiger partial charge >= 0.3 is 6.09 Å². The molecular formula is C21H30N2O4. The van der Waals surface area contributed by atoms with Gasteiger partial charge in [-0.05, 0) is 55.7 Å². The summed E-state index contributed by atoms with van der Waals surface area (Å²) >= 11 is 0. The molecule has 2 aliphatic rings. The van der Waals surface area contributed by atoms with Crippen LogP contribution in [-0.2, 0) is 9.53 Å². The third kappa shape index (κ3) is 5.37. The van der Waals surface area contributed by atoms with E-state index in [2.05, 4.69) is 34.3 Å². The summed E-state index contributed by atoms with van der Waals surface area (Å²) in [5.41, 5.74) is 1.32. The van der Waals surface area contributed by atoms with Crippen molar-refractivity contribution in [3.05, 3.63) is 29.8 Å². The molecule has 1 N–H and O–H groups in total. The van der Waals surface area contributed by atoms with Gasteiger partial charge in [-0.3, -0.25) is 4.79 Å². The van der Waals surface area contributed by atoms with Crippen LogP contribution < -0.4 is 10.1 Å². The number of ether oxygens (including phenoxy) is 2. The third-order valence-electron chi connectivity index (χ3n) is 5.51. The molecule has 148 valence electrons. The fourth-order valence-electron chi connectivity index (χ4n) is 3.57. The van der Waals surface area contributed by atoms with E-state index >= 15 is 0 Å². The lowest BCUT2D eigenvalue weighted by atomic mass is 9.89. The van der Waals surface area contributed by atoms with Gasteiger partial charge in [-0.1, -0.05) is 19.1 Å². The fraction of sp³-hybridized carbons (Fsp3) is 0.619. The van der Waals surface area contributed by atoms with Gasteiger partial charge < -0.3 is 19.7 Å². The Bertz CT molecular complexity index is 634. The van der Waals surface area contributed by atoms with Crippen LogP contribution in [0.4, 0.5) is 4.79 Å². The number of nitrogens with one attached hydrogen (secondary N) is 1. The second-order valence-electron chi connectivity index (χ2n) is 7.46. The highest BCUT2D eigenvalue weighted by Crippen LogP contribution is 2.31. The predicted molar refractivity (Wildman–Crippen MR) is 103 cm³/mol. The molecule has 0 bridgehead atoms. The first kappa shape index (κ1) is 19.5. The molecule has 27 heavy (non-hydrogen) atoms. The van der Waals surface area contributed by atoms with Crippen molar-refractivity contribution in [1.82, 2.24) is 10.2 Å². The molecule has 1 atom stereocenters. The number of likely N-dealkylation sites (tertiary alicyclic amines) is 1. The molecule has 0 aromatic heterocycles. The lowest BCUT2D eigenvalue weighted by Gasteiger charge is -2.34. The molecule has 0 radical (unpaired) electrons. The number of methoxy groups -OCH3 is 1. The van der Waals surface area contributed by atoms with Crippen molar-refractivity contribution in [3.8, 4) is 5.75 Å². The normalized spacial score (nSPS) is 18.7. The van der Waals surface area contributed by atoms with Gasteiger partial charge in [0.05, 0.1) is 19.1 Å². The summed E-state index contributed by atoms with van der Waals surface area (Å²) in [6, 6.07) is 8.46. The fourth-order valence-corrected chi connectivity index (χ4v) is 3.57. The summed E-state index contributed by atoms with van der Waals surface area (Å²) < 4.78 is 10.4. The zero-order chi connectivity index (χ0) is 19.2. The van der Waals surface area contributed by atoms with Gasteiger partial charge in [0.25, 0.3) is 0 Å². The number of piperidine rings is 1. The number of benzene rings is 1. The number of carbonyl (C=O) groups excluding carboxylic acids is 2. The van der Waals surface area contributed by atoms with Crippen molar-refractivity contribution in [1.29, 1.82) is 0 Å². The van der Waals surface area contributed by atoms with Crippen LogP contribution in [0.2, 0.25) is 0 Å². The van der Waals surface area contributed by atoms with E-state index in [1.165, 1.54) is 25.5 Å². The van der Waals surface area contributed by atoms with Crippen LogP contribution in [0, 0.1) is 5.92 Å². The molecule has 1 saturated heterocycles. The van der Waals surface area contributed by atoms with Crippen LogP contribution in [0.15, 0.2) is 24.3 Å². The van der Waals surface area contributed by atoms with Gasteiger partial charge in [-0.15, -0.1) is 0 Å². The summed E-state index contributed by atoms with van der Waals surface area (Å²) in [5.74, 6) is 1.37. The highest BCUT2D eigenvalue weighted by atomic mass is 16.5. The minimum absolute atomic E-state index is 0.125. The molecule has 6 heteroatoms. The molecular weight excluding hydrogens is 344 g/mol. The molecule has 1 heterocycles. The van der Waals surface area contributed by atoms with Gasteiger partial charge in [0.2, 0.25) is 5.91 Å². The van der Waals surface area contributed by atoms with Crippen LogP contribution >= 0.6 is 0 Å². The Kier molecular flexibility index (Phi) is 6.58. The standard InChI is InChI=1S/C21H30N2O4/c1-3-15(14-22-21(25)26-2)20(24)23-12-10-17(11-13-23)16-4-6-18(7-5-16)27-19-8-9-19/h4-7,15,17,19H,3,8-14H2,1-2H3,(H,22,25). The van der Waals surface area contributed by atoms with Crippen LogP contribution in [0.1, 0.15) is 50.5 Å². The first-order valence-corrected chi connectivity index (χ1v) is 9.98. The maximum absolute atomic E-state index is 12.7. The molecule has 1 saturated carbocycles.